The Morgan fingerprint density at radius 2 is 1.96 bits per heavy atom. The molecule has 0 aliphatic carbocycles. The number of alkyl halides is 2. The van der Waals surface area contributed by atoms with Gasteiger partial charge in [-0.25, -0.2) is 17.8 Å². The lowest BCUT2D eigenvalue weighted by molar-refractivity contribution is -0.116. The lowest BCUT2D eigenvalue weighted by atomic mass is 10.3. The molecule has 142 valence electrons. The maximum absolute atomic E-state index is 12.5. The molecule has 0 radical (unpaired) electrons. The van der Waals surface area contributed by atoms with E-state index in [9.17, 15) is 26.8 Å². The summed E-state index contributed by atoms with van der Waals surface area (Å²) < 4.78 is 53.4. The molecule has 1 aromatic carbocycles. The number of benzene rings is 1. The van der Waals surface area contributed by atoms with Gasteiger partial charge >= 0.3 is 11.5 Å². The van der Waals surface area contributed by atoms with E-state index < -0.39 is 38.7 Å². The quantitative estimate of drug-likeness (QED) is 0.661. The number of carbonyl (C=O) groups is 1. The van der Waals surface area contributed by atoms with Gasteiger partial charge in [0.1, 0.15) is 6.54 Å². The second-order valence-corrected chi connectivity index (χ2v) is 8.08. The number of thiophene rings is 1. The Bertz CT molecular complexity index is 1100. The third-order valence-electron chi connectivity index (χ3n) is 3.43. The van der Waals surface area contributed by atoms with Crippen LogP contribution >= 0.6 is 11.3 Å². The van der Waals surface area contributed by atoms with Gasteiger partial charge in [0.25, 0.3) is 0 Å². The highest BCUT2D eigenvalue weighted by Gasteiger charge is 2.26. The molecule has 2 aromatic heterocycles. The first-order valence-corrected chi connectivity index (χ1v) is 9.74. The number of halogens is 2. The predicted octanol–water partition coefficient (Wildman–Crippen LogP) is 2.20. The summed E-state index contributed by atoms with van der Waals surface area (Å²) in [6.07, 6.45) is 0. The maximum Gasteiger partial charge on any atom is 0.442 e. The van der Waals surface area contributed by atoms with Crippen molar-refractivity contribution in [2.45, 2.75) is 17.2 Å². The molecular formula is C15H11F2N3O5S2. The highest BCUT2D eigenvalue weighted by atomic mass is 32.2. The Labute approximate surface area is 155 Å². The van der Waals surface area contributed by atoms with Crippen molar-refractivity contribution < 1.29 is 26.5 Å². The third kappa shape index (κ3) is 3.95. The molecule has 0 saturated carbocycles. The van der Waals surface area contributed by atoms with Gasteiger partial charge in [0.05, 0.1) is 9.77 Å². The fraction of sp³-hybridized carbons (Fsp3) is 0.133. The Kier molecular flexibility index (Phi) is 5.19. The molecule has 27 heavy (non-hydrogen) atoms. The zero-order valence-corrected chi connectivity index (χ0v) is 15.0. The minimum atomic E-state index is -4.71. The number of hydrogen-bond donors (Lipinski definition) is 1. The monoisotopic (exact) mass is 415 g/mol. The lowest BCUT2D eigenvalue weighted by Gasteiger charge is -2.08. The number of amides is 1. The van der Waals surface area contributed by atoms with E-state index in [1.807, 2.05) is 0 Å². The van der Waals surface area contributed by atoms with Crippen LogP contribution < -0.4 is 11.1 Å². The van der Waals surface area contributed by atoms with Crippen molar-refractivity contribution in [3.05, 3.63) is 52.3 Å². The van der Waals surface area contributed by atoms with Crippen LogP contribution in [-0.4, -0.2) is 29.8 Å². The number of rotatable bonds is 6. The summed E-state index contributed by atoms with van der Waals surface area (Å²) in [5.41, 5.74) is 0.176. The van der Waals surface area contributed by atoms with Gasteiger partial charge in [0, 0.05) is 5.69 Å². The molecule has 0 fully saturated rings. The standard InChI is InChI=1S/C15H11F2N3O5S2/c16-14(17)27(23,24)10-5-3-9(4-6-10)18-12(21)8-20-13(19-25-15(20)22)11-2-1-7-26-11/h1-7,14H,8H2,(H,18,21). The average Bonchev–Trinajstić information content (AvgIpc) is 3.26. The molecule has 1 amide bonds. The molecule has 0 saturated heterocycles. The van der Waals surface area contributed by atoms with E-state index in [1.165, 1.54) is 23.5 Å². The number of carbonyl (C=O) groups excluding carboxylic acids is 1. The van der Waals surface area contributed by atoms with E-state index in [0.29, 0.717) is 4.88 Å². The van der Waals surface area contributed by atoms with Crippen molar-refractivity contribution in [3.63, 3.8) is 0 Å². The summed E-state index contributed by atoms with van der Waals surface area (Å²) >= 11 is 1.31. The van der Waals surface area contributed by atoms with Crippen molar-refractivity contribution >= 4 is 32.8 Å². The number of aromatic nitrogens is 2. The summed E-state index contributed by atoms with van der Waals surface area (Å²) in [6, 6.07) is 7.71. The zero-order chi connectivity index (χ0) is 19.6. The molecule has 8 nitrogen and oxygen atoms in total. The molecule has 3 rings (SSSR count). The van der Waals surface area contributed by atoms with Gasteiger partial charge in [-0.05, 0) is 35.7 Å². The number of anilines is 1. The highest BCUT2D eigenvalue weighted by molar-refractivity contribution is 7.91. The van der Waals surface area contributed by atoms with E-state index in [4.69, 9.17) is 0 Å². The molecule has 0 unspecified atom stereocenters. The fourth-order valence-corrected chi connectivity index (χ4v) is 3.60. The summed E-state index contributed by atoms with van der Waals surface area (Å²) in [5.74, 6) is -4.76. The molecule has 0 spiro atoms. The van der Waals surface area contributed by atoms with Crippen LogP contribution in [0.25, 0.3) is 10.7 Å². The average molecular weight is 415 g/mol. The van der Waals surface area contributed by atoms with Gasteiger partial charge < -0.3 is 5.32 Å². The molecule has 3 aromatic rings. The Balaban J connectivity index is 1.74. The van der Waals surface area contributed by atoms with E-state index >= 15 is 0 Å². The van der Waals surface area contributed by atoms with Crippen LogP contribution in [0.5, 0.6) is 0 Å². The normalized spacial score (nSPS) is 11.7. The van der Waals surface area contributed by atoms with Gasteiger partial charge in [-0.1, -0.05) is 11.2 Å². The van der Waals surface area contributed by atoms with Crippen LogP contribution in [0.4, 0.5) is 14.5 Å². The number of nitrogens with zero attached hydrogens (tertiary/aromatic N) is 2. The van der Waals surface area contributed by atoms with Crippen LogP contribution in [0.2, 0.25) is 0 Å². The second-order valence-electron chi connectivity index (χ2n) is 5.21. The highest BCUT2D eigenvalue weighted by Crippen LogP contribution is 2.22. The lowest BCUT2D eigenvalue weighted by Crippen LogP contribution is -2.25. The maximum atomic E-state index is 12.5. The zero-order valence-electron chi connectivity index (χ0n) is 13.3. The molecule has 0 bridgehead atoms. The van der Waals surface area contributed by atoms with Crippen LogP contribution in [-0.2, 0) is 21.2 Å². The summed E-state index contributed by atoms with van der Waals surface area (Å²) in [6.45, 7) is -0.396. The predicted molar refractivity (Wildman–Crippen MR) is 92.3 cm³/mol. The Morgan fingerprint density at radius 3 is 2.56 bits per heavy atom. The van der Waals surface area contributed by atoms with Crippen LogP contribution in [0.3, 0.4) is 0 Å². The number of sulfone groups is 1. The topological polar surface area (TPSA) is 111 Å². The Hall–Kier alpha value is -2.86. The van der Waals surface area contributed by atoms with E-state index in [0.717, 1.165) is 16.7 Å². The first-order chi connectivity index (χ1) is 12.8. The van der Waals surface area contributed by atoms with Crippen molar-refractivity contribution in [1.82, 2.24) is 9.72 Å². The van der Waals surface area contributed by atoms with Crippen molar-refractivity contribution in [3.8, 4) is 10.7 Å². The summed E-state index contributed by atoms with van der Waals surface area (Å²) in [5, 5.41) is 7.85. The largest absolute Gasteiger partial charge is 0.442 e. The Morgan fingerprint density at radius 1 is 1.26 bits per heavy atom. The second kappa shape index (κ2) is 7.40. The van der Waals surface area contributed by atoms with Gasteiger partial charge in [0.2, 0.25) is 15.7 Å². The molecule has 1 N–H and O–H groups in total. The van der Waals surface area contributed by atoms with Gasteiger partial charge in [0.15, 0.2) is 5.82 Å². The summed E-state index contributed by atoms with van der Waals surface area (Å²) in [4.78, 5) is 24.0. The summed E-state index contributed by atoms with van der Waals surface area (Å²) in [7, 11) is -4.71. The SMILES string of the molecule is O=C(Cn1c(-c2cccs2)noc1=O)Nc1ccc(S(=O)(=O)C(F)F)cc1. The molecule has 0 aliphatic heterocycles. The fourth-order valence-electron chi connectivity index (χ4n) is 2.17. The van der Waals surface area contributed by atoms with E-state index in [2.05, 4.69) is 15.0 Å². The van der Waals surface area contributed by atoms with Crippen LogP contribution in [0.15, 0.2) is 56.0 Å². The van der Waals surface area contributed by atoms with Gasteiger partial charge in [-0.15, -0.1) is 11.3 Å². The van der Waals surface area contributed by atoms with Crippen molar-refractivity contribution in [2.24, 2.45) is 0 Å². The molecule has 12 heteroatoms. The third-order valence-corrected chi connectivity index (χ3v) is 5.69. The minimum absolute atomic E-state index is 0.176. The van der Waals surface area contributed by atoms with Crippen LogP contribution in [0, 0.1) is 0 Å². The van der Waals surface area contributed by atoms with E-state index in [-0.39, 0.29) is 11.5 Å². The van der Waals surface area contributed by atoms with Crippen molar-refractivity contribution in [2.75, 3.05) is 5.32 Å². The molecule has 0 atom stereocenters. The van der Waals surface area contributed by atoms with Crippen LogP contribution in [0.1, 0.15) is 0 Å². The van der Waals surface area contributed by atoms with Crippen molar-refractivity contribution in [1.29, 1.82) is 0 Å². The van der Waals surface area contributed by atoms with Gasteiger partial charge in [-0.2, -0.15) is 8.78 Å². The molecular weight excluding hydrogens is 404 g/mol. The first kappa shape index (κ1) is 18.9. The van der Waals surface area contributed by atoms with E-state index in [1.54, 1.807) is 17.5 Å². The number of hydrogen-bond acceptors (Lipinski definition) is 7. The minimum Gasteiger partial charge on any atom is -0.325 e. The first-order valence-electron chi connectivity index (χ1n) is 7.31. The molecule has 0 aliphatic rings. The number of nitrogens with one attached hydrogen (secondary N) is 1. The smallest absolute Gasteiger partial charge is 0.325 e. The molecule has 2 heterocycles. The van der Waals surface area contributed by atoms with Gasteiger partial charge in [-0.3, -0.25) is 9.32 Å².